The van der Waals surface area contributed by atoms with Crippen LogP contribution in [0.5, 0.6) is 0 Å². The number of rotatable bonds is 5. The maximum absolute atomic E-state index is 14.0. The second-order valence-corrected chi connectivity index (χ2v) is 7.48. The standard InChI is InChI=1S/C19H17Cl2F3N2O3/c1-3-17(27)25-9-11-4-16(28-10(11)2)15-8-18(29-26-15,19(22,23)24)12-5-13(20)7-14(21)6-12/h4-7H,3,8-9H2,1-2H3,(H,25,27). The molecule has 1 atom stereocenters. The lowest BCUT2D eigenvalue weighted by Crippen LogP contribution is -2.42. The highest BCUT2D eigenvalue weighted by atomic mass is 35.5. The van der Waals surface area contributed by atoms with Crippen LogP contribution < -0.4 is 5.32 Å². The molecule has 10 heteroatoms. The zero-order valence-corrected chi connectivity index (χ0v) is 17.0. The van der Waals surface area contributed by atoms with Gasteiger partial charge in [-0.25, -0.2) is 0 Å². The van der Waals surface area contributed by atoms with E-state index in [0.29, 0.717) is 17.7 Å². The first-order valence-electron chi connectivity index (χ1n) is 8.70. The van der Waals surface area contributed by atoms with E-state index in [1.807, 2.05) is 0 Å². The van der Waals surface area contributed by atoms with E-state index in [0.717, 1.165) is 12.1 Å². The van der Waals surface area contributed by atoms with Crippen LogP contribution >= 0.6 is 23.2 Å². The number of hydrogen-bond acceptors (Lipinski definition) is 4. The molecule has 1 amide bonds. The van der Waals surface area contributed by atoms with Crippen molar-refractivity contribution in [2.24, 2.45) is 5.16 Å². The van der Waals surface area contributed by atoms with E-state index in [1.165, 1.54) is 6.07 Å². The molecule has 0 spiro atoms. The van der Waals surface area contributed by atoms with E-state index in [2.05, 4.69) is 10.5 Å². The quantitative estimate of drug-likeness (QED) is 0.656. The zero-order valence-electron chi connectivity index (χ0n) is 15.5. The third-order valence-corrected chi connectivity index (χ3v) is 5.05. The number of nitrogens with zero attached hydrogens (tertiary/aromatic N) is 1. The molecule has 0 aliphatic carbocycles. The van der Waals surface area contributed by atoms with E-state index in [9.17, 15) is 18.0 Å². The Bertz CT molecular complexity index is 952. The highest BCUT2D eigenvalue weighted by Gasteiger charge is 2.62. The van der Waals surface area contributed by atoms with Crippen molar-refractivity contribution in [2.45, 2.75) is 45.0 Å². The Morgan fingerprint density at radius 2 is 1.90 bits per heavy atom. The number of halogens is 5. The van der Waals surface area contributed by atoms with Crippen molar-refractivity contribution >= 4 is 34.8 Å². The van der Waals surface area contributed by atoms with Gasteiger partial charge in [0.05, 0.1) is 6.42 Å². The molecule has 1 aromatic heterocycles. The fourth-order valence-electron chi connectivity index (χ4n) is 2.98. The van der Waals surface area contributed by atoms with Gasteiger partial charge in [0.15, 0.2) is 5.76 Å². The van der Waals surface area contributed by atoms with Crippen LogP contribution in [0.2, 0.25) is 10.0 Å². The SMILES string of the molecule is CCC(=O)NCc1cc(C2=NOC(c3cc(Cl)cc(Cl)c3)(C(F)(F)F)C2)oc1C. The van der Waals surface area contributed by atoms with Crippen molar-refractivity contribution in [1.82, 2.24) is 5.32 Å². The largest absolute Gasteiger partial charge is 0.460 e. The fourth-order valence-corrected chi connectivity index (χ4v) is 3.51. The summed E-state index contributed by atoms with van der Waals surface area (Å²) in [5.74, 6) is 0.458. The minimum absolute atomic E-state index is 0.00501. The number of amides is 1. The number of carbonyl (C=O) groups is 1. The number of carbonyl (C=O) groups excluding carboxylic acids is 1. The average Bonchev–Trinajstić information content (AvgIpc) is 3.23. The number of oxime groups is 1. The van der Waals surface area contributed by atoms with E-state index < -0.39 is 18.2 Å². The van der Waals surface area contributed by atoms with Crippen LogP contribution in [0.15, 0.2) is 33.8 Å². The Morgan fingerprint density at radius 3 is 2.48 bits per heavy atom. The van der Waals surface area contributed by atoms with Gasteiger partial charge in [0.2, 0.25) is 5.91 Å². The molecule has 1 unspecified atom stereocenters. The molecule has 156 valence electrons. The van der Waals surface area contributed by atoms with Crippen molar-refractivity contribution in [3.05, 3.63) is 57.0 Å². The van der Waals surface area contributed by atoms with Crippen LogP contribution in [0.25, 0.3) is 0 Å². The maximum atomic E-state index is 14.0. The van der Waals surface area contributed by atoms with Crippen molar-refractivity contribution in [1.29, 1.82) is 0 Å². The molecule has 0 radical (unpaired) electrons. The summed E-state index contributed by atoms with van der Waals surface area (Å²) in [6.45, 7) is 3.57. The van der Waals surface area contributed by atoms with Gasteiger partial charge in [-0.3, -0.25) is 4.79 Å². The van der Waals surface area contributed by atoms with Gasteiger partial charge in [0, 0.05) is 34.1 Å². The number of hydrogen-bond donors (Lipinski definition) is 1. The molecule has 3 rings (SSSR count). The number of nitrogens with one attached hydrogen (secondary N) is 1. The normalized spacial score (nSPS) is 19.1. The van der Waals surface area contributed by atoms with Crippen LogP contribution in [-0.4, -0.2) is 17.8 Å². The topological polar surface area (TPSA) is 63.8 Å². The van der Waals surface area contributed by atoms with Crippen LogP contribution in [0.4, 0.5) is 13.2 Å². The fraction of sp³-hybridized carbons (Fsp3) is 0.368. The highest BCUT2D eigenvalue weighted by molar-refractivity contribution is 6.34. The molecule has 5 nitrogen and oxygen atoms in total. The second kappa shape index (κ2) is 7.91. The monoisotopic (exact) mass is 448 g/mol. The van der Waals surface area contributed by atoms with Gasteiger partial charge in [-0.05, 0) is 31.2 Å². The molecule has 1 N–H and O–H groups in total. The predicted octanol–water partition coefficient (Wildman–Crippen LogP) is 5.50. The Hall–Kier alpha value is -2.19. The van der Waals surface area contributed by atoms with Gasteiger partial charge in [0.25, 0.3) is 5.60 Å². The van der Waals surface area contributed by atoms with Crippen molar-refractivity contribution < 1.29 is 27.2 Å². The summed E-state index contributed by atoms with van der Waals surface area (Å²) in [6, 6.07) is 5.18. The van der Waals surface area contributed by atoms with Gasteiger partial charge < -0.3 is 14.6 Å². The molecule has 0 saturated carbocycles. The van der Waals surface area contributed by atoms with E-state index in [1.54, 1.807) is 19.9 Å². The third kappa shape index (κ3) is 4.23. The molecule has 1 aromatic carbocycles. The Kier molecular flexibility index (Phi) is 5.87. The van der Waals surface area contributed by atoms with Crippen LogP contribution in [0.3, 0.4) is 0 Å². The molecule has 1 aliphatic rings. The summed E-state index contributed by atoms with van der Waals surface area (Å²) in [6.07, 6.45) is -5.08. The summed E-state index contributed by atoms with van der Waals surface area (Å²) in [5, 5.41) is 6.45. The molecular weight excluding hydrogens is 432 g/mol. The van der Waals surface area contributed by atoms with Crippen LogP contribution in [0.1, 0.15) is 42.4 Å². The first kappa shape index (κ1) is 21.5. The summed E-state index contributed by atoms with van der Waals surface area (Å²) in [7, 11) is 0. The van der Waals surface area contributed by atoms with Gasteiger partial charge in [-0.15, -0.1) is 0 Å². The van der Waals surface area contributed by atoms with Crippen molar-refractivity contribution in [3.8, 4) is 0 Å². The molecule has 0 bridgehead atoms. The molecule has 0 fully saturated rings. The first-order valence-corrected chi connectivity index (χ1v) is 9.46. The molecular formula is C19H17Cl2F3N2O3. The molecule has 0 saturated heterocycles. The number of benzene rings is 1. The summed E-state index contributed by atoms with van der Waals surface area (Å²) in [5.41, 5.74) is -2.34. The predicted molar refractivity (Wildman–Crippen MR) is 102 cm³/mol. The highest BCUT2D eigenvalue weighted by Crippen LogP contribution is 2.49. The second-order valence-electron chi connectivity index (χ2n) is 6.61. The maximum Gasteiger partial charge on any atom is 0.435 e. The van der Waals surface area contributed by atoms with Gasteiger partial charge in [0.1, 0.15) is 11.5 Å². The zero-order chi connectivity index (χ0) is 21.4. The lowest BCUT2D eigenvalue weighted by atomic mass is 9.87. The third-order valence-electron chi connectivity index (χ3n) is 4.62. The summed E-state index contributed by atoms with van der Waals surface area (Å²) in [4.78, 5) is 16.4. The number of furan rings is 1. The Balaban J connectivity index is 1.90. The van der Waals surface area contributed by atoms with Crippen LogP contribution in [-0.2, 0) is 21.8 Å². The average molecular weight is 449 g/mol. The van der Waals surface area contributed by atoms with E-state index >= 15 is 0 Å². The first-order chi connectivity index (χ1) is 13.6. The molecule has 29 heavy (non-hydrogen) atoms. The number of alkyl halides is 3. The van der Waals surface area contributed by atoms with Crippen molar-refractivity contribution in [2.75, 3.05) is 0 Å². The Labute approximate surface area is 174 Å². The van der Waals surface area contributed by atoms with E-state index in [-0.39, 0.29) is 39.5 Å². The van der Waals surface area contributed by atoms with Crippen molar-refractivity contribution in [3.63, 3.8) is 0 Å². The van der Waals surface area contributed by atoms with Gasteiger partial charge in [-0.2, -0.15) is 13.2 Å². The van der Waals surface area contributed by atoms with Crippen LogP contribution in [0, 0.1) is 6.92 Å². The van der Waals surface area contributed by atoms with E-state index in [4.69, 9.17) is 32.5 Å². The minimum atomic E-state index is -4.79. The summed E-state index contributed by atoms with van der Waals surface area (Å²) >= 11 is 11.8. The minimum Gasteiger partial charge on any atom is -0.460 e. The van der Waals surface area contributed by atoms with Gasteiger partial charge >= 0.3 is 6.18 Å². The smallest absolute Gasteiger partial charge is 0.435 e. The molecule has 1 aliphatic heterocycles. The Morgan fingerprint density at radius 1 is 1.24 bits per heavy atom. The summed E-state index contributed by atoms with van der Waals surface area (Å²) < 4.78 is 47.6. The lowest BCUT2D eigenvalue weighted by Gasteiger charge is -2.29. The lowest BCUT2D eigenvalue weighted by molar-refractivity contribution is -0.275. The molecule has 2 heterocycles. The number of aryl methyl sites for hydroxylation is 1. The molecule has 2 aromatic rings. The van der Waals surface area contributed by atoms with Gasteiger partial charge in [-0.1, -0.05) is 35.3 Å².